The number of nitrogens with zero attached hydrogens (tertiary/aromatic N) is 3. The van der Waals surface area contributed by atoms with Crippen LogP contribution in [-0.2, 0) is 14.3 Å². The van der Waals surface area contributed by atoms with Crippen LogP contribution < -0.4 is 5.32 Å². The summed E-state index contributed by atoms with van der Waals surface area (Å²) >= 11 is 0. The van der Waals surface area contributed by atoms with Gasteiger partial charge in [0.2, 0.25) is 11.8 Å². The molecule has 8 nitrogen and oxygen atoms in total. The Morgan fingerprint density at radius 1 is 1.03 bits per heavy atom. The monoisotopic (exact) mass is 466 g/mol. The third kappa shape index (κ3) is 6.94. The van der Waals surface area contributed by atoms with Crippen LogP contribution in [0.2, 0.25) is 0 Å². The van der Waals surface area contributed by atoms with Crippen LogP contribution in [0.3, 0.4) is 0 Å². The number of methoxy groups -OCH3 is 1. The Balaban J connectivity index is 1.40. The Kier molecular flexibility index (Phi) is 9.13. The molecule has 1 aromatic rings. The second kappa shape index (κ2) is 12.0. The SMILES string of the molecule is COCCCNC(=O)CN1CCN(C(=O)C2CCN(C(=O)c3ccc(F)cc3F)CC2)CC1. The minimum absolute atomic E-state index is 0.0273. The van der Waals surface area contributed by atoms with Gasteiger partial charge in [0.25, 0.3) is 5.91 Å². The van der Waals surface area contributed by atoms with E-state index in [-0.39, 0.29) is 23.3 Å². The van der Waals surface area contributed by atoms with Crippen LogP contribution in [0, 0.1) is 17.6 Å². The molecule has 3 amide bonds. The molecule has 2 aliphatic rings. The Morgan fingerprint density at radius 2 is 1.73 bits per heavy atom. The number of benzene rings is 1. The fraction of sp³-hybridized carbons (Fsp3) is 0.609. The summed E-state index contributed by atoms with van der Waals surface area (Å²) < 4.78 is 32.0. The third-order valence-corrected chi connectivity index (χ3v) is 6.19. The molecule has 0 atom stereocenters. The number of piperazine rings is 1. The highest BCUT2D eigenvalue weighted by atomic mass is 19.1. The normalized spacial score (nSPS) is 17.8. The number of piperidine rings is 1. The van der Waals surface area contributed by atoms with E-state index in [1.54, 1.807) is 7.11 Å². The van der Waals surface area contributed by atoms with Gasteiger partial charge < -0.3 is 19.9 Å². The molecule has 0 radical (unpaired) electrons. The van der Waals surface area contributed by atoms with Gasteiger partial charge in [-0.05, 0) is 31.4 Å². The first-order valence-corrected chi connectivity index (χ1v) is 11.4. The number of rotatable bonds is 8. The topological polar surface area (TPSA) is 82.2 Å². The molecule has 2 saturated heterocycles. The maximum atomic E-state index is 13.9. The summed E-state index contributed by atoms with van der Waals surface area (Å²) in [4.78, 5) is 42.9. The molecule has 1 aromatic carbocycles. The second-order valence-electron chi connectivity index (χ2n) is 8.49. The number of hydrogen-bond donors (Lipinski definition) is 1. The van der Waals surface area contributed by atoms with Gasteiger partial charge in [0.15, 0.2) is 0 Å². The molecule has 0 saturated carbocycles. The van der Waals surface area contributed by atoms with Crippen molar-refractivity contribution in [3.05, 3.63) is 35.4 Å². The lowest BCUT2D eigenvalue weighted by Gasteiger charge is -2.38. The number of likely N-dealkylation sites (tertiary alicyclic amines) is 1. The fourth-order valence-corrected chi connectivity index (χ4v) is 4.25. The maximum absolute atomic E-state index is 13.9. The fourth-order valence-electron chi connectivity index (χ4n) is 4.25. The number of ether oxygens (including phenoxy) is 1. The smallest absolute Gasteiger partial charge is 0.256 e. The number of hydrogen-bond acceptors (Lipinski definition) is 5. The quantitative estimate of drug-likeness (QED) is 0.581. The molecule has 3 rings (SSSR count). The van der Waals surface area contributed by atoms with Gasteiger partial charge >= 0.3 is 0 Å². The van der Waals surface area contributed by atoms with Crippen molar-refractivity contribution >= 4 is 17.7 Å². The molecular weight excluding hydrogens is 434 g/mol. The minimum Gasteiger partial charge on any atom is -0.385 e. The number of amides is 3. The molecule has 0 bridgehead atoms. The summed E-state index contributed by atoms with van der Waals surface area (Å²) in [5.41, 5.74) is -0.153. The summed E-state index contributed by atoms with van der Waals surface area (Å²) in [6.45, 7) is 4.62. The molecule has 0 aromatic heterocycles. The summed E-state index contributed by atoms with van der Waals surface area (Å²) in [5, 5.41) is 2.87. The molecule has 0 aliphatic carbocycles. The van der Waals surface area contributed by atoms with E-state index in [0.29, 0.717) is 77.9 Å². The van der Waals surface area contributed by atoms with Crippen LogP contribution in [0.15, 0.2) is 18.2 Å². The van der Waals surface area contributed by atoms with Gasteiger partial charge in [-0.15, -0.1) is 0 Å². The summed E-state index contributed by atoms with van der Waals surface area (Å²) in [6, 6.07) is 2.93. The number of halogens is 2. The standard InChI is InChI=1S/C23H32F2N4O4/c1-33-14-2-7-26-21(30)16-27-10-12-29(13-11-27)22(31)17-5-8-28(9-6-17)23(32)19-4-3-18(24)15-20(19)25/h3-4,15,17H,2,5-14,16H2,1H3,(H,26,30). The Morgan fingerprint density at radius 3 is 2.36 bits per heavy atom. The van der Waals surface area contributed by atoms with Crippen molar-refractivity contribution < 1.29 is 27.9 Å². The van der Waals surface area contributed by atoms with Crippen LogP contribution >= 0.6 is 0 Å². The average Bonchev–Trinajstić information content (AvgIpc) is 2.82. The highest BCUT2D eigenvalue weighted by Gasteiger charge is 2.32. The van der Waals surface area contributed by atoms with Gasteiger partial charge in [-0.2, -0.15) is 0 Å². The molecule has 2 heterocycles. The van der Waals surface area contributed by atoms with Gasteiger partial charge in [0.05, 0.1) is 12.1 Å². The largest absolute Gasteiger partial charge is 0.385 e. The van der Waals surface area contributed by atoms with Gasteiger partial charge in [-0.1, -0.05) is 0 Å². The highest BCUT2D eigenvalue weighted by molar-refractivity contribution is 5.94. The van der Waals surface area contributed by atoms with Crippen molar-refractivity contribution in [3.8, 4) is 0 Å². The van der Waals surface area contributed by atoms with Gasteiger partial charge in [0, 0.05) is 71.5 Å². The lowest BCUT2D eigenvalue weighted by molar-refractivity contribution is -0.138. The van der Waals surface area contributed by atoms with Crippen LogP contribution in [0.25, 0.3) is 0 Å². The predicted octanol–water partition coefficient (Wildman–Crippen LogP) is 1.11. The van der Waals surface area contributed by atoms with E-state index in [2.05, 4.69) is 5.32 Å². The molecule has 10 heteroatoms. The molecule has 0 unspecified atom stereocenters. The van der Waals surface area contributed by atoms with Gasteiger partial charge in [0.1, 0.15) is 11.6 Å². The second-order valence-corrected chi connectivity index (χ2v) is 8.49. The van der Waals surface area contributed by atoms with Crippen molar-refractivity contribution in [3.63, 3.8) is 0 Å². The molecule has 0 spiro atoms. The first kappa shape index (κ1) is 25.0. The van der Waals surface area contributed by atoms with E-state index in [1.807, 2.05) is 9.80 Å². The van der Waals surface area contributed by atoms with E-state index in [9.17, 15) is 23.2 Å². The lowest BCUT2D eigenvalue weighted by Crippen LogP contribution is -2.53. The van der Waals surface area contributed by atoms with Gasteiger partial charge in [-0.25, -0.2) is 8.78 Å². The molecule has 2 fully saturated rings. The van der Waals surface area contributed by atoms with Crippen molar-refractivity contribution in [2.24, 2.45) is 5.92 Å². The third-order valence-electron chi connectivity index (χ3n) is 6.19. The predicted molar refractivity (Wildman–Crippen MR) is 118 cm³/mol. The van der Waals surface area contributed by atoms with Crippen LogP contribution in [0.5, 0.6) is 0 Å². The molecule has 182 valence electrons. The zero-order valence-electron chi connectivity index (χ0n) is 19.0. The minimum atomic E-state index is -0.875. The van der Waals surface area contributed by atoms with Crippen LogP contribution in [0.1, 0.15) is 29.6 Å². The van der Waals surface area contributed by atoms with E-state index in [4.69, 9.17) is 4.74 Å². The van der Waals surface area contributed by atoms with Gasteiger partial charge in [-0.3, -0.25) is 19.3 Å². The van der Waals surface area contributed by atoms with E-state index >= 15 is 0 Å². The summed E-state index contributed by atoms with van der Waals surface area (Å²) in [6.07, 6.45) is 1.79. The Labute approximate surface area is 192 Å². The molecule has 2 aliphatic heterocycles. The Hall–Kier alpha value is -2.59. The van der Waals surface area contributed by atoms with Crippen molar-refractivity contribution in [2.45, 2.75) is 19.3 Å². The summed E-state index contributed by atoms with van der Waals surface area (Å²) in [7, 11) is 1.63. The van der Waals surface area contributed by atoms with E-state index in [0.717, 1.165) is 18.6 Å². The Bertz CT molecular complexity index is 838. The first-order chi connectivity index (χ1) is 15.9. The molecular formula is C23H32F2N4O4. The van der Waals surface area contributed by atoms with E-state index in [1.165, 1.54) is 4.90 Å². The molecule has 33 heavy (non-hydrogen) atoms. The molecule has 1 N–H and O–H groups in total. The van der Waals surface area contributed by atoms with Crippen molar-refractivity contribution in [1.82, 2.24) is 20.0 Å². The first-order valence-electron chi connectivity index (χ1n) is 11.4. The number of carbonyl (C=O) groups is 3. The summed E-state index contributed by atoms with van der Waals surface area (Å²) in [5.74, 6) is -2.22. The van der Waals surface area contributed by atoms with Crippen LogP contribution in [-0.4, -0.2) is 98.5 Å². The zero-order valence-corrected chi connectivity index (χ0v) is 19.0. The zero-order chi connectivity index (χ0) is 23.8. The van der Waals surface area contributed by atoms with Crippen LogP contribution in [0.4, 0.5) is 8.78 Å². The highest BCUT2D eigenvalue weighted by Crippen LogP contribution is 2.23. The maximum Gasteiger partial charge on any atom is 0.256 e. The number of nitrogens with one attached hydrogen (secondary N) is 1. The van der Waals surface area contributed by atoms with Crippen molar-refractivity contribution in [1.29, 1.82) is 0 Å². The van der Waals surface area contributed by atoms with E-state index < -0.39 is 17.5 Å². The number of carbonyl (C=O) groups excluding carboxylic acids is 3. The van der Waals surface area contributed by atoms with Crippen molar-refractivity contribution in [2.75, 3.05) is 66.1 Å². The lowest BCUT2D eigenvalue weighted by atomic mass is 9.94. The average molecular weight is 467 g/mol.